The molecule has 1 aromatic carbocycles. The number of hydrogen-bond donors (Lipinski definition) is 2. The first-order chi connectivity index (χ1) is 9.56. The smallest absolute Gasteiger partial charge is 0.224 e. The molecule has 0 radical (unpaired) electrons. The quantitative estimate of drug-likeness (QED) is 0.848. The van der Waals surface area contributed by atoms with Crippen molar-refractivity contribution < 1.29 is 4.79 Å². The van der Waals surface area contributed by atoms with E-state index in [1.807, 2.05) is 38.1 Å². The summed E-state index contributed by atoms with van der Waals surface area (Å²) in [6, 6.07) is 7.40. The van der Waals surface area contributed by atoms with Crippen molar-refractivity contribution in [1.29, 1.82) is 0 Å². The minimum absolute atomic E-state index is 0.0240. The van der Waals surface area contributed by atoms with Gasteiger partial charge in [-0.25, -0.2) is 0 Å². The molecule has 20 heavy (non-hydrogen) atoms. The first-order valence-corrected chi connectivity index (χ1v) is 6.47. The molecular formula is C13H18N6O. The minimum atomic E-state index is -0.0483. The molecular weight excluding hydrogens is 256 g/mol. The van der Waals surface area contributed by atoms with Crippen LogP contribution < -0.4 is 11.1 Å². The van der Waals surface area contributed by atoms with Gasteiger partial charge in [-0.2, -0.15) is 4.68 Å². The van der Waals surface area contributed by atoms with Gasteiger partial charge in [-0.15, -0.1) is 5.10 Å². The molecule has 1 atom stereocenters. The Bertz CT molecular complexity index is 592. The van der Waals surface area contributed by atoms with Crippen LogP contribution >= 0.6 is 0 Å². The van der Waals surface area contributed by atoms with Crippen LogP contribution in [0.5, 0.6) is 0 Å². The van der Waals surface area contributed by atoms with Gasteiger partial charge < -0.3 is 11.1 Å². The molecule has 1 unspecified atom stereocenters. The van der Waals surface area contributed by atoms with E-state index in [1.165, 1.54) is 0 Å². The number of nitrogens with one attached hydrogen (secondary N) is 1. The van der Waals surface area contributed by atoms with Gasteiger partial charge in [0.15, 0.2) is 5.82 Å². The van der Waals surface area contributed by atoms with Gasteiger partial charge in [0, 0.05) is 18.2 Å². The molecule has 0 fully saturated rings. The molecule has 0 aliphatic rings. The van der Waals surface area contributed by atoms with Gasteiger partial charge in [-0.1, -0.05) is 6.07 Å². The van der Waals surface area contributed by atoms with Crippen molar-refractivity contribution in [2.75, 3.05) is 5.32 Å². The Labute approximate surface area is 117 Å². The number of nitrogens with two attached hydrogens (primary N) is 1. The third-order valence-electron chi connectivity index (χ3n) is 2.83. The monoisotopic (exact) mass is 274 g/mol. The Kier molecular flexibility index (Phi) is 4.41. The van der Waals surface area contributed by atoms with E-state index in [0.29, 0.717) is 24.4 Å². The van der Waals surface area contributed by atoms with E-state index in [4.69, 9.17) is 5.73 Å². The van der Waals surface area contributed by atoms with Crippen molar-refractivity contribution in [2.45, 2.75) is 32.7 Å². The number of nitrogens with zero attached hydrogens (tertiary/aromatic N) is 4. The molecule has 7 heteroatoms. The number of aryl methyl sites for hydroxylation is 1. The Morgan fingerprint density at radius 1 is 1.50 bits per heavy atom. The van der Waals surface area contributed by atoms with Gasteiger partial charge in [0.25, 0.3) is 0 Å². The molecule has 0 spiro atoms. The van der Waals surface area contributed by atoms with Crippen molar-refractivity contribution in [3.8, 4) is 5.69 Å². The molecule has 7 nitrogen and oxygen atoms in total. The number of aromatic nitrogens is 4. The number of tetrazole rings is 1. The summed E-state index contributed by atoms with van der Waals surface area (Å²) in [5, 5.41) is 14.2. The first-order valence-electron chi connectivity index (χ1n) is 6.47. The number of anilines is 1. The summed E-state index contributed by atoms with van der Waals surface area (Å²) in [7, 11) is 0. The Hall–Kier alpha value is -2.28. The number of carbonyl (C=O) groups excluding carboxylic acids is 1. The molecule has 1 heterocycles. The summed E-state index contributed by atoms with van der Waals surface area (Å²) >= 11 is 0. The summed E-state index contributed by atoms with van der Waals surface area (Å²) in [5.41, 5.74) is 7.15. The van der Waals surface area contributed by atoms with Gasteiger partial charge in [0.1, 0.15) is 0 Å². The lowest BCUT2D eigenvalue weighted by Gasteiger charge is -2.08. The number of amides is 1. The average Bonchev–Trinajstić information content (AvgIpc) is 2.83. The van der Waals surface area contributed by atoms with Crippen molar-refractivity contribution in [1.82, 2.24) is 20.2 Å². The highest BCUT2D eigenvalue weighted by Gasteiger charge is 2.07. The van der Waals surface area contributed by atoms with E-state index in [1.54, 1.807) is 4.68 Å². The summed E-state index contributed by atoms with van der Waals surface area (Å²) in [6.07, 6.45) is 1.07. The van der Waals surface area contributed by atoms with Gasteiger partial charge >= 0.3 is 0 Å². The number of carbonyl (C=O) groups is 1. The van der Waals surface area contributed by atoms with Crippen LogP contribution in [0.3, 0.4) is 0 Å². The largest absolute Gasteiger partial charge is 0.328 e. The summed E-state index contributed by atoms with van der Waals surface area (Å²) in [6.45, 7) is 3.70. The molecule has 0 saturated carbocycles. The first kappa shape index (κ1) is 14.1. The van der Waals surface area contributed by atoms with E-state index in [-0.39, 0.29) is 11.9 Å². The van der Waals surface area contributed by atoms with Crippen LogP contribution in [0.4, 0.5) is 5.69 Å². The van der Waals surface area contributed by atoms with Crippen molar-refractivity contribution in [3.63, 3.8) is 0 Å². The van der Waals surface area contributed by atoms with Crippen molar-refractivity contribution >= 4 is 11.6 Å². The number of rotatable bonds is 5. The normalized spacial score (nSPS) is 12.2. The lowest BCUT2D eigenvalue weighted by molar-refractivity contribution is -0.116. The molecule has 1 aromatic heterocycles. The maximum Gasteiger partial charge on any atom is 0.224 e. The van der Waals surface area contributed by atoms with Crippen LogP contribution in [0.1, 0.15) is 25.6 Å². The minimum Gasteiger partial charge on any atom is -0.328 e. The van der Waals surface area contributed by atoms with Crippen LogP contribution in [-0.2, 0) is 4.79 Å². The average molecular weight is 274 g/mol. The molecule has 0 bridgehead atoms. The van der Waals surface area contributed by atoms with Crippen LogP contribution in [0.2, 0.25) is 0 Å². The standard InChI is InChI=1S/C13H18N6O/c1-9(14)6-7-13(20)15-11-4-3-5-12(8-11)19-10(2)16-17-18-19/h3-5,8-9H,6-7,14H2,1-2H3,(H,15,20). The zero-order chi connectivity index (χ0) is 14.5. The molecule has 0 saturated heterocycles. The van der Waals surface area contributed by atoms with Gasteiger partial charge in [-0.3, -0.25) is 4.79 Å². The predicted molar refractivity (Wildman–Crippen MR) is 75.4 cm³/mol. The lowest BCUT2D eigenvalue weighted by Crippen LogP contribution is -2.19. The summed E-state index contributed by atoms with van der Waals surface area (Å²) in [4.78, 5) is 11.8. The highest BCUT2D eigenvalue weighted by molar-refractivity contribution is 5.90. The predicted octanol–water partition coefficient (Wildman–Crippen LogP) is 1.04. The molecule has 2 rings (SSSR count). The SMILES string of the molecule is Cc1nnnn1-c1cccc(NC(=O)CCC(C)N)c1. The zero-order valence-corrected chi connectivity index (χ0v) is 11.6. The molecule has 106 valence electrons. The van der Waals surface area contributed by atoms with E-state index < -0.39 is 0 Å². The third kappa shape index (κ3) is 3.61. The van der Waals surface area contributed by atoms with Gasteiger partial charge in [-0.05, 0) is 48.9 Å². The third-order valence-corrected chi connectivity index (χ3v) is 2.83. The number of benzene rings is 1. The van der Waals surface area contributed by atoms with E-state index in [0.717, 1.165) is 5.69 Å². The van der Waals surface area contributed by atoms with E-state index in [9.17, 15) is 4.79 Å². The topological polar surface area (TPSA) is 98.7 Å². The van der Waals surface area contributed by atoms with Crippen LogP contribution in [0.25, 0.3) is 5.69 Å². The summed E-state index contributed by atoms with van der Waals surface area (Å²) in [5.74, 6) is 0.637. The summed E-state index contributed by atoms with van der Waals surface area (Å²) < 4.78 is 1.61. The molecule has 2 aromatic rings. The Balaban J connectivity index is 2.07. The van der Waals surface area contributed by atoms with Gasteiger partial charge in [0.2, 0.25) is 5.91 Å². The van der Waals surface area contributed by atoms with E-state index in [2.05, 4.69) is 20.8 Å². The second kappa shape index (κ2) is 6.25. The Morgan fingerprint density at radius 2 is 2.30 bits per heavy atom. The highest BCUT2D eigenvalue weighted by Crippen LogP contribution is 2.15. The highest BCUT2D eigenvalue weighted by atomic mass is 16.1. The number of hydrogen-bond acceptors (Lipinski definition) is 5. The van der Waals surface area contributed by atoms with Crippen LogP contribution in [-0.4, -0.2) is 32.2 Å². The maximum absolute atomic E-state index is 11.8. The van der Waals surface area contributed by atoms with Crippen molar-refractivity contribution in [2.24, 2.45) is 5.73 Å². The van der Waals surface area contributed by atoms with Crippen LogP contribution in [0.15, 0.2) is 24.3 Å². The fourth-order valence-corrected chi connectivity index (χ4v) is 1.77. The fourth-order valence-electron chi connectivity index (χ4n) is 1.77. The maximum atomic E-state index is 11.8. The van der Waals surface area contributed by atoms with Crippen molar-refractivity contribution in [3.05, 3.63) is 30.1 Å². The molecule has 0 aliphatic heterocycles. The molecule has 1 amide bonds. The second-order valence-electron chi connectivity index (χ2n) is 4.75. The lowest BCUT2D eigenvalue weighted by atomic mass is 10.2. The molecule has 0 aliphatic carbocycles. The van der Waals surface area contributed by atoms with Gasteiger partial charge in [0.05, 0.1) is 5.69 Å². The Morgan fingerprint density at radius 3 is 2.95 bits per heavy atom. The van der Waals surface area contributed by atoms with E-state index >= 15 is 0 Å². The van der Waals surface area contributed by atoms with Crippen LogP contribution in [0, 0.1) is 6.92 Å². The molecule has 3 N–H and O–H groups in total. The fraction of sp³-hybridized carbons (Fsp3) is 0.385. The zero-order valence-electron chi connectivity index (χ0n) is 11.6. The second-order valence-corrected chi connectivity index (χ2v) is 4.75.